The van der Waals surface area contributed by atoms with Gasteiger partial charge in [0.15, 0.2) is 5.78 Å². The third kappa shape index (κ3) is 2.45. The van der Waals surface area contributed by atoms with Gasteiger partial charge in [-0.25, -0.2) is 0 Å². The van der Waals surface area contributed by atoms with Crippen molar-refractivity contribution in [2.24, 2.45) is 0 Å². The zero-order chi connectivity index (χ0) is 10.7. The summed E-state index contributed by atoms with van der Waals surface area (Å²) in [6.07, 6.45) is 2.82. The molecule has 1 aromatic rings. The molecular weight excluding hydrogens is 186 g/mol. The lowest BCUT2D eigenvalue weighted by Gasteiger charge is -1.97. The minimum Gasteiger partial charge on any atom is -0.298 e. The van der Waals surface area contributed by atoms with Gasteiger partial charge in [-0.2, -0.15) is 0 Å². The molecule has 0 bridgehead atoms. The molecule has 2 rings (SSSR count). The van der Waals surface area contributed by atoms with E-state index in [-0.39, 0.29) is 12.1 Å². The van der Waals surface area contributed by atoms with Crippen molar-refractivity contribution in [1.29, 1.82) is 0 Å². The molecule has 15 heavy (non-hydrogen) atoms. The Morgan fingerprint density at radius 1 is 1.33 bits per heavy atom. The van der Waals surface area contributed by atoms with Crippen LogP contribution in [0, 0.1) is 0 Å². The molecule has 0 unspecified atom stereocenters. The number of unbranched alkanes of at least 4 members (excludes halogenated alkanes) is 1. The number of carbonyl (C=O) groups excluding carboxylic acids is 1. The first-order valence-corrected chi connectivity index (χ1v) is 5.66. The van der Waals surface area contributed by atoms with Gasteiger partial charge in [0.1, 0.15) is 0 Å². The summed E-state index contributed by atoms with van der Waals surface area (Å²) in [5.41, 5.74) is 1.23. The Labute approximate surface area is 90.7 Å². The first-order valence-electron chi connectivity index (χ1n) is 5.66. The van der Waals surface area contributed by atoms with Crippen molar-refractivity contribution in [2.45, 2.75) is 38.3 Å². The Bertz CT molecular complexity index is 334. The van der Waals surface area contributed by atoms with Crippen molar-refractivity contribution >= 4 is 5.78 Å². The van der Waals surface area contributed by atoms with Crippen molar-refractivity contribution in [1.82, 2.24) is 5.32 Å². The predicted molar refractivity (Wildman–Crippen MR) is 60.6 cm³/mol. The molecule has 1 fully saturated rings. The highest BCUT2D eigenvalue weighted by atomic mass is 16.1. The Balaban J connectivity index is 1.88. The molecule has 1 aromatic carbocycles. The monoisotopic (exact) mass is 203 g/mol. The highest BCUT2D eigenvalue weighted by molar-refractivity contribution is 5.88. The number of hydrogen-bond donors (Lipinski definition) is 1. The molecule has 2 heteroatoms. The van der Waals surface area contributed by atoms with E-state index >= 15 is 0 Å². The Kier molecular flexibility index (Phi) is 3.17. The van der Waals surface area contributed by atoms with Gasteiger partial charge in [0.2, 0.25) is 0 Å². The number of nitrogens with one attached hydrogen (secondary N) is 1. The Morgan fingerprint density at radius 3 is 2.73 bits per heavy atom. The summed E-state index contributed by atoms with van der Waals surface area (Å²) in [5, 5.41) is 3.24. The number of carbonyl (C=O) groups is 1. The van der Waals surface area contributed by atoms with Gasteiger partial charge in [0.25, 0.3) is 0 Å². The van der Waals surface area contributed by atoms with Crippen molar-refractivity contribution in [3.63, 3.8) is 0 Å². The van der Waals surface area contributed by atoms with Gasteiger partial charge in [0.05, 0.1) is 12.1 Å². The van der Waals surface area contributed by atoms with E-state index in [0.717, 1.165) is 19.3 Å². The molecule has 2 nitrogen and oxygen atoms in total. The molecular formula is C13H17NO. The smallest absolute Gasteiger partial charge is 0.151 e. The number of rotatable bonds is 5. The first-order chi connectivity index (χ1) is 7.33. The van der Waals surface area contributed by atoms with Crippen molar-refractivity contribution in [3.05, 3.63) is 35.9 Å². The van der Waals surface area contributed by atoms with Gasteiger partial charge < -0.3 is 0 Å². The maximum Gasteiger partial charge on any atom is 0.151 e. The molecule has 1 heterocycles. The zero-order valence-electron chi connectivity index (χ0n) is 9.07. The predicted octanol–water partition coefficient (Wildman–Crippen LogP) is 2.46. The lowest BCUT2D eigenvalue weighted by atomic mass is 10.0. The molecule has 1 N–H and O–H groups in total. The molecule has 1 saturated heterocycles. The second-order valence-electron chi connectivity index (χ2n) is 4.10. The third-order valence-corrected chi connectivity index (χ3v) is 2.87. The number of ketones is 1. The SMILES string of the molecule is CCCCC(=O)[C@H]1N[C@@H]1c1ccccc1. The first kappa shape index (κ1) is 10.4. The van der Waals surface area contributed by atoms with Crippen LogP contribution in [0.25, 0.3) is 0 Å². The second-order valence-corrected chi connectivity index (χ2v) is 4.10. The molecule has 0 amide bonds. The van der Waals surface area contributed by atoms with E-state index in [1.165, 1.54) is 5.56 Å². The molecule has 0 saturated carbocycles. The lowest BCUT2D eigenvalue weighted by molar-refractivity contribution is -0.118. The minimum atomic E-state index is 0.0824. The van der Waals surface area contributed by atoms with Crippen molar-refractivity contribution in [3.8, 4) is 0 Å². The Hall–Kier alpha value is -1.15. The molecule has 0 spiro atoms. The topological polar surface area (TPSA) is 39.0 Å². The largest absolute Gasteiger partial charge is 0.298 e. The zero-order valence-corrected chi connectivity index (χ0v) is 9.07. The highest BCUT2D eigenvalue weighted by Gasteiger charge is 2.42. The Morgan fingerprint density at radius 2 is 2.07 bits per heavy atom. The van der Waals surface area contributed by atoms with Crippen LogP contribution in [0.3, 0.4) is 0 Å². The molecule has 1 aliphatic heterocycles. The molecule has 0 aromatic heterocycles. The van der Waals surface area contributed by atoms with E-state index in [1.807, 2.05) is 18.2 Å². The molecule has 0 radical (unpaired) electrons. The van der Waals surface area contributed by atoms with Gasteiger partial charge in [-0.3, -0.25) is 10.1 Å². The molecule has 2 atom stereocenters. The number of hydrogen-bond acceptors (Lipinski definition) is 2. The van der Waals surface area contributed by atoms with Crippen molar-refractivity contribution < 1.29 is 4.79 Å². The summed E-state index contributed by atoms with van der Waals surface area (Å²) in [7, 11) is 0. The van der Waals surface area contributed by atoms with Crippen LogP contribution in [0.4, 0.5) is 0 Å². The fourth-order valence-electron chi connectivity index (χ4n) is 1.87. The van der Waals surface area contributed by atoms with Crippen LogP contribution in [0.2, 0.25) is 0 Å². The van der Waals surface area contributed by atoms with E-state index in [2.05, 4.69) is 24.4 Å². The van der Waals surface area contributed by atoms with E-state index in [4.69, 9.17) is 0 Å². The summed E-state index contributed by atoms with van der Waals surface area (Å²) < 4.78 is 0. The van der Waals surface area contributed by atoms with Gasteiger partial charge in [-0.05, 0) is 12.0 Å². The van der Waals surface area contributed by atoms with Crippen LogP contribution in [0.1, 0.15) is 37.8 Å². The average molecular weight is 203 g/mol. The van der Waals surface area contributed by atoms with E-state index in [0.29, 0.717) is 5.78 Å². The fourth-order valence-corrected chi connectivity index (χ4v) is 1.87. The van der Waals surface area contributed by atoms with E-state index in [1.54, 1.807) is 0 Å². The van der Waals surface area contributed by atoms with Crippen molar-refractivity contribution in [2.75, 3.05) is 0 Å². The van der Waals surface area contributed by atoms with E-state index < -0.39 is 0 Å². The summed E-state index contributed by atoms with van der Waals surface area (Å²) >= 11 is 0. The number of Topliss-reactive ketones (excluding diaryl/α,β-unsaturated/α-hetero) is 1. The van der Waals surface area contributed by atoms with Crippen LogP contribution in [-0.2, 0) is 4.79 Å². The van der Waals surface area contributed by atoms with Crippen LogP contribution in [0.5, 0.6) is 0 Å². The van der Waals surface area contributed by atoms with Crippen LogP contribution in [-0.4, -0.2) is 11.8 Å². The van der Waals surface area contributed by atoms with Crippen LogP contribution in [0.15, 0.2) is 30.3 Å². The van der Waals surface area contributed by atoms with Gasteiger partial charge in [-0.1, -0.05) is 43.7 Å². The summed E-state index contributed by atoms with van der Waals surface area (Å²) in [4.78, 5) is 11.7. The molecule has 80 valence electrons. The maximum atomic E-state index is 11.7. The normalized spacial score (nSPS) is 23.8. The van der Waals surface area contributed by atoms with Crippen LogP contribution < -0.4 is 5.32 Å². The van der Waals surface area contributed by atoms with Gasteiger partial charge in [0, 0.05) is 6.42 Å². The average Bonchev–Trinajstić information content (AvgIpc) is 3.07. The fraction of sp³-hybridized carbons (Fsp3) is 0.462. The summed E-state index contributed by atoms with van der Waals surface area (Å²) in [5.74, 6) is 0.366. The van der Waals surface area contributed by atoms with Gasteiger partial charge >= 0.3 is 0 Å². The molecule has 1 aliphatic rings. The maximum absolute atomic E-state index is 11.7. The number of benzene rings is 1. The lowest BCUT2D eigenvalue weighted by Crippen LogP contribution is -2.09. The standard InChI is InChI=1S/C13H17NO/c1-2-3-9-11(15)13-12(14-13)10-7-5-4-6-8-10/h4-8,12-14H,2-3,9H2,1H3/t12-,13-/m1/s1. The summed E-state index contributed by atoms with van der Waals surface area (Å²) in [6.45, 7) is 2.11. The second kappa shape index (κ2) is 4.58. The van der Waals surface area contributed by atoms with Crippen LogP contribution >= 0.6 is 0 Å². The molecule has 0 aliphatic carbocycles. The van der Waals surface area contributed by atoms with Gasteiger partial charge in [-0.15, -0.1) is 0 Å². The highest BCUT2D eigenvalue weighted by Crippen LogP contribution is 2.30. The quantitative estimate of drug-likeness (QED) is 0.747. The minimum absolute atomic E-state index is 0.0824. The summed E-state index contributed by atoms with van der Waals surface area (Å²) in [6, 6.07) is 10.5. The van der Waals surface area contributed by atoms with E-state index in [9.17, 15) is 4.79 Å². The third-order valence-electron chi connectivity index (χ3n) is 2.87.